The number of amides is 1. The molecule has 1 heterocycles. The number of nitro groups is 1. The van der Waals surface area contributed by atoms with E-state index in [9.17, 15) is 14.9 Å². The van der Waals surface area contributed by atoms with Crippen molar-refractivity contribution in [3.05, 3.63) is 68.7 Å². The monoisotopic (exact) mass is 346 g/mol. The molecule has 0 saturated heterocycles. The van der Waals surface area contributed by atoms with E-state index in [4.69, 9.17) is 11.6 Å². The van der Waals surface area contributed by atoms with Crippen LogP contribution in [0.2, 0.25) is 5.02 Å². The maximum absolute atomic E-state index is 12.2. The predicted octanol–water partition coefficient (Wildman–Crippen LogP) is 4.75. The van der Waals surface area contributed by atoms with E-state index in [2.05, 4.69) is 0 Å². The molecule has 0 atom stereocenters. The Morgan fingerprint density at radius 1 is 1.12 bits per heavy atom. The summed E-state index contributed by atoms with van der Waals surface area (Å²) in [5.41, 5.74) is 2.22. The number of nitrogens with zero attached hydrogens (tertiary/aromatic N) is 2. The standard InChI is InChI=1S/C16H13ClN2O3.C2H6/c17-16-12-6-9-15(20)18(10-11-4-2-1-3-5-11)13(12)7-8-14(16)19(21)22;1-2/h1-5,7-8H,6,9-10H2;1-2H3. The molecule has 0 spiro atoms. The van der Waals surface area contributed by atoms with Gasteiger partial charge in [0.1, 0.15) is 5.02 Å². The van der Waals surface area contributed by atoms with E-state index in [0.717, 1.165) is 5.56 Å². The Morgan fingerprint density at radius 2 is 1.79 bits per heavy atom. The van der Waals surface area contributed by atoms with E-state index in [1.165, 1.54) is 6.07 Å². The number of rotatable bonds is 3. The Balaban J connectivity index is 0.00000100. The molecule has 0 unspecified atom stereocenters. The molecule has 2 aromatic carbocycles. The largest absolute Gasteiger partial charge is 0.308 e. The number of anilines is 1. The molecule has 6 heteroatoms. The molecule has 5 nitrogen and oxygen atoms in total. The quantitative estimate of drug-likeness (QED) is 0.595. The molecule has 0 aliphatic carbocycles. The van der Waals surface area contributed by atoms with Gasteiger partial charge in [0, 0.05) is 23.7 Å². The van der Waals surface area contributed by atoms with Gasteiger partial charge in [-0.05, 0) is 18.1 Å². The van der Waals surface area contributed by atoms with Crippen molar-refractivity contribution < 1.29 is 9.72 Å². The fourth-order valence-corrected chi connectivity index (χ4v) is 2.99. The topological polar surface area (TPSA) is 63.4 Å². The fraction of sp³-hybridized carbons (Fsp3) is 0.278. The first-order valence-corrected chi connectivity index (χ1v) is 8.26. The van der Waals surface area contributed by atoms with Crippen LogP contribution in [0.5, 0.6) is 0 Å². The Hall–Kier alpha value is -2.40. The van der Waals surface area contributed by atoms with Crippen LogP contribution >= 0.6 is 11.6 Å². The molecule has 0 fully saturated rings. The summed E-state index contributed by atoms with van der Waals surface area (Å²) in [5, 5.41) is 11.1. The normalized spacial score (nSPS) is 13.0. The zero-order valence-electron chi connectivity index (χ0n) is 13.7. The van der Waals surface area contributed by atoms with Crippen molar-refractivity contribution in [1.82, 2.24) is 0 Å². The molecule has 2 aromatic rings. The fourth-order valence-electron chi connectivity index (χ4n) is 2.67. The van der Waals surface area contributed by atoms with Crippen molar-refractivity contribution in [3.63, 3.8) is 0 Å². The first-order valence-electron chi connectivity index (χ1n) is 7.88. The van der Waals surface area contributed by atoms with Crippen molar-refractivity contribution in [2.75, 3.05) is 4.90 Å². The minimum atomic E-state index is -0.499. The molecule has 1 aliphatic heterocycles. The van der Waals surface area contributed by atoms with Crippen LogP contribution in [0, 0.1) is 10.1 Å². The van der Waals surface area contributed by atoms with E-state index in [0.29, 0.717) is 30.6 Å². The lowest BCUT2D eigenvalue weighted by atomic mass is 9.99. The van der Waals surface area contributed by atoms with Crippen LogP contribution in [0.25, 0.3) is 0 Å². The molecule has 126 valence electrons. The molecule has 0 radical (unpaired) electrons. The highest BCUT2D eigenvalue weighted by Crippen LogP contribution is 2.39. The van der Waals surface area contributed by atoms with Crippen LogP contribution in [0.15, 0.2) is 42.5 Å². The number of fused-ring (bicyclic) bond motifs is 1. The summed E-state index contributed by atoms with van der Waals surface area (Å²) in [6.07, 6.45) is 0.737. The van der Waals surface area contributed by atoms with E-state index in [1.54, 1.807) is 11.0 Å². The average molecular weight is 347 g/mol. The Bertz CT molecular complexity index is 747. The summed E-state index contributed by atoms with van der Waals surface area (Å²) >= 11 is 6.16. The van der Waals surface area contributed by atoms with Gasteiger partial charge in [-0.25, -0.2) is 0 Å². The first-order chi connectivity index (χ1) is 11.6. The maximum atomic E-state index is 12.2. The van der Waals surface area contributed by atoms with Gasteiger partial charge >= 0.3 is 0 Å². The summed E-state index contributed by atoms with van der Waals surface area (Å²) in [5.74, 6) is 0.00118. The second-order valence-corrected chi connectivity index (χ2v) is 5.50. The Labute approximate surface area is 146 Å². The Kier molecular flexibility index (Phi) is 5.93. The van der Waals surface area contributed by atoms with Gasteiger partial charge in [-0.3, -0.25) is 14.9 Å². The highest BCUT2D eigenvalue weighted by atomic mass is 35.5. The van der Waals surface area contributed by atoms with Crippen molar-refractivity contribution in [2.24, 2.45) is 0 Å². The second kappa shape index (κ2) is 7.93. The van der Waals surface area contributed by atoms with Crippen LogP contribution < -0.4 is 4.90 Å². The molecule has 0 saturated carbocycles. The zero-order chi connectivity index (χ0) is 17.7. The highest BCUT2D eigenvalue weighted by molar-refractivity contribution is 6.34. The number of hydrogen-bond acceptors (Lipinski definition) is 3. The summed E-state index contributed by atoms with van der Waals surface area (Å²) in [6, 6.07) is 12.6. The molecule has 24 heavy (non-hydrogen) atoms. The molecule has 0 bridgehead atoms. The van der Waals surface area contributed by atoms with Gasteiger partial charge in [-0.15, -0.1) is 0 Å². The van der Waals surface area contributed by atoms with Crippen LogP contribution in [0.4, 0.5) is 11.4 Å². The number of benzene rings is 2. The lowest BCUT2D eigenvalue weighted by molar-refractivity contribution is -0.384. The number of carbonyl (C=O) groups excluding carboxylic acids is 1. The van der Waals surface area contributed by atoms with Crippen LogP contribution in [0.3, 0.4) is 0 Å². The number of halogens is 1. The summed E-state index contributed by atoms with van der Waals surface area (Å²) in [7, 11) is 0. The third-order valence-electron chi connectivity index (χ3n) is 3.76. The number of carbonyl (C=O) groups is 1. The summed E-state index contributed by atoms with van der Waals surface area (Å²) in [4.78, 5) is 24.4. The van der Waals surface area contributed by atoms with Gasteiger partial charge in [0.2, 0.25) is 5.91 Å². The van der Waals surface area contributed by atoms with E-state index in [-0.39, 0.29) is 16.6 Å². The van der Waals surface area contributed by atoms with Crippen molar-refractivity contribution in [2.45, 2.75) is 33.2 Å². The van der Waals surface area contributed by atoms with Gasteiger partial charge < -0.3 is 4.90 Å². The number of nitro benzene ring substituents is 1. The minimum absolute atomic E-state index is 0.00118. The summed E-state index contributed by atoms with van der Waals surface area (Å²) < 4.78 is 0. The third kappa shape index (κ3) is 3.57. The molecular weight excluding hydrogens is 328 g/mol. The van der Waals surface area contributed by atoms with Crippen molar-refractivity contribution >= 4 is 28.9 Å². The zero-order valence-corrected chi connectivity index (χ0v) is 14.4. The Morgan fingerprint density at radius 3 is 2.42 bits per heavy atom. The van der Waals surface area contributed by atoms with Crippen LogP contribution in [-0.2, 0) is 17.8 Å². The van der Waals surface area contributed by atoms with Crippen LogP contribution in [-0.4, -0.2) is 10.8 Å². The highest BCUT2D eigenvalue weighted by Gasteiger charge is 2.29. The number of hydrogen-bond donors (Lipinski definition) is 0. The first kappa shape index (κ1) is 17.9. The molecule has 0 aromatic heterocycles. The van der Waals surface area contributed by atoms with E-state index in [1.807, 2.05) is 44.2 Å². The lowest BCUT2D eigenvalue weighted by Crippen LogP contribution is -2.34. The molecule has 1 amide bonds. The molecule has 1 aliphatic rings. The summed E-state index contributed by atoms with van der Waals surface area (Å²) in [6.45, 7) is 4.43. The smallest absolute Gasteiger partial charge is 0.288 e. The van der Waals surface area contributed by atoms with Gasteiger partial charge in [-0.2, -0.15) is 0 Å². The molecule has 0 N–H and O–H groups in total. The SMILES string of the molecule is CC.O=C1CCc2c(ccc([N+](=O)[O-])c2Cl)N1Cc1ccccc1. The third-order valence-corrected chi connectivity index (χ3v) is 4.18. The molecule has 3 rings (SSSR count). The van der Waals surface area contributed by atoms with E-state index >= 15 is 0 Å². The van der Waals surface area contributed by atoms with Gasteiger partial charge in [0.25, 0.3) is 5.69 Å². The minimum Gasteiger partial charge on any atom is -0.308 e. The van der Waals surface area contributed by atoms with Gasteiger partial charge in [-0.1, -0.05) is 55.8 Å². The lowest BCUT2D eigenvalue weighted by Gasteiger charge is -2.30. The maximum Gasteiger partial charge on any atom is 0.288 e. The van der Waals surface area contributed by atoms with Crippen molar-refractivity contribution in [3.8, 4) is 0 Å². The second-order valence-electron chi connectivity index (χ2n) is 5.12. The van der Waals surface area contributed by atoms with E-state index < -0.39 is 4.92 Å². The van der Waals surface area contributed by atoms with Gasteiger partial charge in [0.15, 0.2) is 0 Å². The predicted molar refractivity (Wildman–Crippen MR) is 95.4 cm³/mol. The molecular formula is C18H19ClN2O3. The van der Waals surface area contributed by atoms with Gasteiger partial charge in [0.05, 0.1) is 11.5 Å². The van der Waals surface area contributed by atoms with Crippen LogP contribution in [0.1, 0.15) is 31.4 Å². The van der Waals surface area contributed by atoms with Crippen molar-refractivity contribution in [1.29, 1.82) is 0 Å². The average Bonchev–Trinajstić information content (AvgIpc) is 2.60.